The van der Waals surface area contributed by atoms with Crippen molar-refractivity contribution < 1.29 is 19.6 Å². The first-order valence-electron chi connectivity index (χ1n) is 8.05. The molecule has 8 nitrogen and oxygen atoms in total. The number of halogens is 1. The van der Waals surface area contributed by atoms with Gasteiger partial charge in [-0.25, -0.2) is 5.43 Å². The van der Waals surface area contributed by atoms with Crippen LogP contribution in [0.1, 0.15) is 5.56 Å². The highest BCUT2D eigenvalue weighted by Crippen LogP contribution is 2.31. The molecule has 28 heavy (non-hydrogen) atoms. The number of fused-ring (bicyclic) bond motifs is 1. The van der Waals surface area contributed by atoms with Crippen molar-refractivity contribution in [2.24, 2.45) is 5.10 Å². The number of aromatic hydroxyl groups is 1. The van der Waals surface area contributed by atoms with Crippen LogP contribution in [0.5, 0.6) is 11.5 Å². The third-order valence-electron chi connectivity index (χ3n) is 3.79. The topological polar surface area (TPSA) is 114 Å². The summed E-state index contributed by atoms with van der Waals surface area (Å²) in [5.41, 5.74) is 2.11. The van der Waals surface area contributed by atoms with E-state index in [-0.39, 0.29) is 28.1 Å². The van der Waals surface area contributed by atoms with Gasteiger partial charge in [0.05, 0.1) is 15.6 Å². The number of rotatable bonds is 6. The number of nitrogens with zero attached hydrogens (tertiary/aromatic N) is 2. The molecule has 0 fully saturated rings. The molecule has 3 rings (SSSR count). The number of benzene rings is 3. The number of ether oxygens (including phenoxy) is 1. The zero-order valence-electron chi connectivity index (χ0n) is 14.3. The summed E-state index contributed by atoms with van der Waals surface area (Å²) in [5, 5.41) is 26.4. The van der Waals surface area contributed by atoms with Gasteiger partial charge < -0.3 is 9.84 Å². The van der Waals surface area contributed by atoms with Crippen LogP contribution in [0.3, 0.4) is 0 Å². The van der Waals surface area contributed by atoms with E-state index in [2.05, 4.69) is 26.5 Å². The molecule has 1 amide bonds. The van der Waals surface area contributed by atoms with Crippen LogP contribution < -0.4 is 10.2 Å². The van der Waals surface area contributed by atoms with Crippen molar-refractivity contribution in [1.82, 2.24) is 5.43 Å². The van der Waals surface area contributed by atoms with Gasteiger partial charge in [-0.3, -0.25) is 14.9 Å². The number of nitro benzene ring substituents is 1. The predicted molar refractivity (Wildman–Crippen MR) is 108 cm³/mol. The molecule has 0 bridgehead atoms. The number of nitro groups is 1. The molecule has 0 radical (unpaired) electrons. The summed E-state index contributed by atoms with van der Waals surface area (Å²) in [6, 6.07) is 15.5. The second-order valence-corrected chi connectivity index (χ2v) is 6.54. The van der Waals surface area contributed by atoms with Gasteiger partial charge in [0.25, 0.3) is 11.6 Å². The summed E-state index contributed by atoms with van der Waals surface area (Å²) in [5.74, 6) is -0.179. The van der Waals surface area contributed by atoms with Crippen LogP contribution >= 0.6 is 15.9 Å². The molecular formula is C19H14BrN3O5. The Labute approximate surface area is 167 Å². The molecule has 9 heteroatoms. The Kier molecular flexibility index (Phi) is 5.85. The lowest BCUT2D eigenvalue weighted by Crippen LogP contribution is -2.24. The van der Waals surface area contributed by atoms with E-state index in [0.29, 0.717) is 5.75 Å². The van der Waals surface area contributed by atoms with Crippen LogP contribution in [0.4, 0.5) is 5.69 Å². The lowest BCUT2D eigenvalue weighted by atomic mass is 10.1. The number of amides is 1. The second-order valence-electron chi connectivity index (χ2n) is 5.68. The normalized spacial score (nSPS) is 10.9. The van der Waals surface area contributed by atoms with Gasteiger partial charge in [0.1, 0.15) is 11.5 Å². The summed E-state index contributed by atoms with van der Waals surface area (Å²) in [4.78, 5) is 22.2. The number of phenols is 1. The highest BCUT2D eigenvalue weighted by Gasteiger charge is 2.13. The molecule has 142 valence electrons. The number of carbonyl (C=O) groups is 1. The van der Waals surface area contributed by atoms with Gasteiger partial charge in [0.15, 0.2) is 6.61 Å². The quantitative estimate of drug-likeness (QED) is 0.342. The minimum atomic E-state index is -0.599. The fourth-order valence-electron chi connectivity index (χ4n) is 2.48. The maximum Gasteiger partial charge on any atom is 0.277 e. The maximum absolute atomic E-state index is 11.9. The fraction of sp³-hybridized carbons (Fsp3) is 0.0526. The van der Waals surface area contributed by atoms with Gasteiger partial charge in [-0.1, -0.05) is 36.4 Å². The number of carbonyl (C=O) groups excluding carboxylic acids is 1. The van der Waals surface area contributed by atoms with E-state index in [4.69, 9.17) is 4.74 Å². The molecule has 0 unspecified atom stereocenters. The van der Waals surface area contributed by atoms with Gasteiger partial charge in [-0.05, 0) is 27.4 Å². The lowest BCUT2D eigenvalue weighted by molar-refractivity contribution is -0.385. The molecule has 0 heterocycles. The average Bonchev–Trinajstić information content (AvgIpc) is 2.69. The van der Waals surface area contributed by atoms with E-state index in [1.165, 1.54) is 6.07 Å². The van der Waals surface area contributed by atoms with Crippen LogP contribution in [0, 0.1) is 10.1 Å². The minimum Gasteiger partial charge on any atom is -0.506 e. The zero-order valence-corrected chi connectivity index (χ0v) is 15.9. The molecule has 0 saturated carbocycles. The number of hydrogen-bond donors (Lipinski definition) is 2. The van der Waals surface area contributed by atoms with Gasteiger partial charge >= 0.3 is 0 Å². The monoisotopic (exact) mass is 443 g/mol. The van der Waals surface area contributed by atoms with E-state index < -0.39 is 10.8 Å². The molecule has 0 saturated heterocycles. The predicted octanol–water partition coefficient (Wildman–Crippen LogP) is 3.75. The van der Waals surface area contributed by atoms with E-state index in [1.807, 2.05) is 36.4 Å². The Bertz CT molecular complexity index is 1080. The second kappa shape index (κ2) is 8.49. The van der Waals surface area contributed by atoms with E-state index in [9.17, 15) is 20.0 Å². The summed E-state index contributed by atoms with van der Waals surface area (Å²) >= 11 is 3.03. The summed E-state index contributed by atoms with van der Waals surface area (Å²) in [7, 11) is 0. The SMILES string of the molecule is O=C(COc1cccc2ccccc12)N/N=C/c1cc([N+](=O)[O-])cc(Br)c1O. The van der Waals surface area contributed by atoms with Crippen LogP contribution in [-0.2, 0) is 4.79 Å². The van der Waals surface area contributed by atoms with E-state index in [1.54, 1.807) is 6.07 Å². The first kappa shape index (κ1) is 19.3. The number of hydrogen-bond acceptors (Lipinski definition) is 6. The van der Waals surface area contributed by atoms with Crippen LogP contribution in [0.15, 0.2) is 64.2 Å². The molecule has 0 aliphatic rings. The maximum atomic E-state index is 11.9. The largest absolute Gasteiger partial charge is 0.506 e. The molecular weight excluding hydrogens is 430 g/mol. The highest BCUT2D eigenvalue weighted by atomic mass is 79.9. The summed E-state index contributed by atoms with van der Waals surface area (Å²) < 4.78 is 5.69. The van der Waals surface area contributed by atoms with Gasteiger partial charge in [-0.15, -0.1) is 0 Å². The third kappa shape index (κ3) is 4.44. The Morgan fingerprint density at radius 2 is 2.00 bits per heavy atom. The number of non-ortho nitro benzene ring substituents is 1. The lowest BCUT2D eigenvalue weighted by Gasteiger charge is -2.08. The molecule has 0 atom stereocenters. The van der Waals surface area contributed by atoms with Crippen molar-refractivity contribution >= 4 is 44.5 Å². The van der Waals surface area contributed by atoms with Crippen LogP contribution in [0.2, 0.25) is 0 Å². The summed E-state index contributed by atoms with van der Waals surface area (Å²) in [6.07, 6.45) is 1.11. The Hall–Kier alpha value is -3.46. The van der Waals surface area contributed by atoms with Crippen molar-refractivity contribution in [3.8, 4) is 11.5 Å². The Morgan fingerprint density at radius 3 is 2.79 bits per heavy atom. The minimum absolute atomic E-state index is 0.0800. The average molecular weight is 444 g/mol. The molecule has 0 aliphatic carbocycles. The van der Waals surface area contributed by atoms with Crippen molar-refractivity contribution in [2.45, 2.75) is 0 Å². The Balaban J connectivity index is 1.64. The van der Waals surface area contributed by atoms with Crippen LogP contribution in [0.25, 0.3) is 10.8 Å². The summed E-state index contributed by atoms with van der Waals surface area (Å²) in [6.45, 7) is -0.268. The fourth-order valence-corrected chi connectivity index (χ4v) is 2.94. The van der Waals surface area contributed by atoms with E-state index in [0.717, 1.165) is 23.1 Å². The zero-order chi connectivity index (χ0) is 20.1. The van der Waals surface area contributed by atoms with Gasteiger partial charge in [0, 0.05) is 23.1 Å². The van der Waals surface area contributed by atoms with Gasteiger partial charge in [0.2, 0.25) is 0 Å². The van der Waals surface area contributed by atoms with Crippen molar-refractivity contribution in [3.05, 3.63) is 74.7 Å². The smallest absolute Gasteiger partial charge is 0.277 e. The molecule has 0 aliphatic heterocycles. The first-order chi connectivity index (χ1) is 13.5. The van der Waals surface area contributed by atoms with Crippen LogP contribution in [-0.4, -0.2) is 28.8 Å². The number of hydrazone groups is 1. The molecule has 3 aromatic rings. The highest BCUT2D eigenvalue weighted by molar-refractivity contribution is 9.10. The number of phenolic OH excluding ortho intramolecular Hbond substituents is 1. The van der Waals surface area contributed by atoms with Crippen molar-refractivity contribution in [2.75, 3.05) is 6.61 Å². The first-order valence-corrected chi connectivity index (χ1v) is 8.84. The molecule has 2 N–H and O–H groups in total. The molecule has 3 aromatic carbocycles. The molecule has 0 spiro atoms. The third-order valence-corrected chi connectivity index (χ3v) is 4.39. The Morgan fingerprint density at radius 1 is 1.25 bits per heavy atom. The van der Waals surface area contributed by atoms with E-state index >= 15 is 0 Å². The standard InChI is InChI=1S/C19H14BrN3O5/c20-16-9-14(23(26)27)8-13(19(16)25)10-21-22-18(24)11-28-17-7-3-5-12-4-1-2-6-15(12)17/h1-10,25H,11H2,(H,22,24)/b21-10+. The van der Waals surface area contributed by atoms with Crippen molar-refractivity contribution in [3.63, 3.8) is 0 Å². The van der Waals surface area contributed by atoms with Crippen molar-refractivity contribution in [1.29, 1.82) is 0 Å². The number of nitrogens with one attached hydrogen (secondary N) is 1. The molecule has 0 aromatic heterocycles. The van der Waals surface area contributed by atoms with Gasteiger partial charge in [-0.2, -0.15) is 5.10 Å².